The Hall–Kier alpha value is -1.24. The largest absolute Gasteiger partial charge is 0.508 e. The molecule has 30 heavy (non-hydrogen) atoms. The van der Waals surface area contributed by atoms with Gasteiger partial charge in [-0.2, -0.15) is 0 Å². The summed E-state index contributed by atoms with van der Waals surface area (Å²) in [5, 5.41) is 13.8. The van der Waals surface area contributed by atoms with Crippen LogP contribution >= 0.6 is 12.6 Å². The molecule has 1 heterocycles. The first-order valence-corrected chi connectivity index (χ1v) is 11.8. The van der Waals surface area contributed by atoms with Gasteiger partial charge >= 0.3 is 0 Å². The highest BCUT2D eigenvalue weighted by Gasteiger charge is 2.41. The Labute approximate surface area is 187 Å². The van der Waals surface area contributed by atoms with Gasteiger partial charge in [-0.05, 0) is 70.1 Å². The third-order valence-electron chi connectivity index (χ3n) is 6.78. The molecule has 1 aromatic carbocycles. The van der Waals surface area contributed by atoms with E-state index in [1.165, 1.54) is 25.7 Å². The summed E-state index contributed by atoms with van der Waals surface area (Å²) in [7, 11) is 0. The van der Waals surface area contributed by atoms with Crippen molar-refractivity contribution in [3.05, 3.63) is 23.8 Å². The minimum atomic E-state index is -0.257. The first kappa shape index (κ1) is 23.4. The average molecular weight is 434 g/mol. The molecule has 0 spiro atoms. The van der Waals surface area contributed by atoms with E-state index < -0.39 is 0 Å². The van der Waals surface area contributed by atoms with E-state index in [0.717, 1.165) is 23.4 Å². The number of amides is 1. The van der Waals surface area contributed by atoms with Gasteiger partial charge in [0.15, 0.2) is 0 Å². The lowest BCUT2D eigenvalue weighted by Gasteiger charge is -2.47. The molecule has 2 aliphatic rings. The molecule has 4 N–H and O–H groups in total. The topological polar surface area (TPSA) is 78.6 Å². The highest BCUT2D eigenvalue weighted by atomic mass is 32.1. The predicted molar refractivity (Wildman–Crippen MR) is 125 cm³/mol. The highest BCUT2D eigenvalue weighted by Crippen LogP contribution is 2.40. The number of nitrogens with one attached hydrogen (secondary N) is 1. The van der Waals surface area contributed by atoms with Crippen molar-refractivity contribution in [1.29, 1.82) is 0 Å². The maximum Gasteiger partial charge on any atom is 0.237 e. The van der Waals surface area contributed by atoms with Crippen LogP contribution in [-0.4, -0.2) is 46.6 Å². The number of rotatable bonds is 5. The number of thiol groups is 1. The molecule has 3 rings (SSSR count). The van der Waals surface area contributed by atoms with Crippen LogP contribution in [0.15, 0.2) is 23.1 Å². The van der Waals surface area contributed by atoms with Crippen LogP contribution < -0.4 is 11.1 Å². The fourth-order valence-electron chi connectivity index (χ4n) is 5.27. The van der Waals surface area contributed by atoms with Crippen molar-refractivity contribution in [3.8, 4) is 5.75 Å². The number of carbonyl (C=O) groups excluding carboxylic acids is 1. The van der Waals surface area contributed by atoms with Gasteiger partial charge in [0.25, 0.3) is 0 Å². The van der Waals surface area contributed by atoms with Crippen molar-refractivity contribution in [2.45, 2.75) is 88.2 Å². The van der Waals surface area contributed by atoms with Crippen LogP contribution in [0, 0.1) is 11.8 Å². The van der Waals surface area contributed by atoms with Gasteiger partial charge < -0.3 is 16.2 Å². The second-order valence-electron chi connectivity index (χ2n) is 10.5. The Morgan fingerprint density at radius 1 is 1.30 bits per heavy atom. The van der Waals surface area contributed by atoms with Crippen molar-refractivity contribution in [3.63, 3.8) is 0 Å². The predicted octanol–water partition coefficient (Wildman–Crippen LogP) is 3.91. The Bertz CT molecular complexity index is 746. The molecule has 1 saturated carbocycles. The van der Waals surface area contributed by atoms with Crippen LogP contribution in [0.4, 0.5) is 0 Å². The lowest BCUT2D eigenvalue weighted by Crippen LogP contribution is -2.58. The van der Waals surface area contributed by atoms with Gasteiger partial charge in [-0.25, -0.2) is 0 Å². The maximum absolute atomic E-state index is 13.3. The number of aromatic hydroxyl groups is 1. The monoisotopic (exact) mass is 433 g/mol. The normalized spacial score (nSPS) is 27.2. The number of likely N-dealkylation sites (tertiary alicyclic amines) is 1. The van der Waals surface area contributed by atoms with Gasteiger partial charge in [0.1, 0.15) is 5.75 Å². The van der Waals surface area contributed by atoms with Crippen LogP contribution in [0.5, 0.6) is 5.75 Å². The SMILES string of the molecule is C[C@H](N)[C@@H](CN1C[C@H]2CCCC[C@H]2C[C@H]1C(=O)NC(C)(C)C)c1ccc(S)cc1O. The third-order valence-corrected chi connectivity index (χ3v) is 7.06. The Morgan fingerprint density at radius 2 is 1.97 bits per heavy atom. The van der Waals surface area contributed by atoms with Crippen LogP contribution in [-0.2, 0) is 4.79 Å². The minimum absolute atomic E-state index is 0.0518. The lowest BCUT2D eigenvalue weighted by molar-refractivity contribution is -0.131. The molecule has 5 nitrogen and oxygen atoms in total. The van der Waals surface area contributed by atoms with Crippen molar-refractivity contribution >= 4 is 18.5 Å². The molecule has 1 aromatic rings. The quantitative estimate of drug-likeness (QED) is 0.531. The molecule has 0 radical (unpaired) electrons. The summed E-state index contributed by atoms with van der Waals surface area (Å²) in [4.78, 5) is 16.3. The van der Waals surface area contributed by atoms with Gasteiger partial charge in [0.2, 0.25) is 5.91 Å². The highest BCUT2D eigenvalue weighted by molar-refractivity contribution is 7.80. The van der Waals surface area contributed by atoms with Gasteiger partial charge in [-0.15, -0.1) is 12.6 Å². The number of phenols is 1. The standard InChI is InChI=1S/C24H39N3O2S/c1-15(25)20(19-10-9-18(30)12-22(19)28)14-27-13-17-8-6-5-7-16(17)11-21(27)23(29)26-24(2,3)4/h9-10,12,15-17,20-21,28,30H,5-8,11,13-14,25H2,1-4H3,(H,26,29)/t15-,16-,17+,20+,21-/m0/s1. The fraction of sp³-hybridized carbons (Fsp3) is 0.708. The fourth-order valence-corrected chi connectivity index (χ4v) is 5.47. The third kappa shape index (κ3) is 5.71. The molecule has 1 amide bonds. The number of carbonyl (C=O) groups is 1. The molecule has 0 unspecified atom stereocenters. The second kappa shape index (κ2) is 9.49. The number of nitrogens with zero attached hydrogens (tertiary/aromatic N) is 1. The molecule has 1 aliphatic carbocycles. The van der Waals surface area contributed by atoms with E-state index in [1.807, 2.05) is 39.8 Å². The summed E-state index contributed by atoms with van der Waals surface area (Å²) in [6.45, 7) is 9.68. The lowest BCUT2D eigenvalue weighted by atomic mass is 9.72. The van der Waals surface area contributed by atoms with E-state index in [1.54, 1.807) is 6.07 Å². The summed E-state index contributed by atoms with van der Waals surface area (Å²) in [5.74, 6) is 1.58. The number of hydrogen-bond donors (Lipinski definition) is 4. The Balaban J connectivity index is 1.86. The molecule has 1 aliphatic heterocycles. The number of nitrogens with two attached hydrogens (primary N) is 1. The smallest absolute Gasteiger partial charge is 0.237 e. The van der Waals surface area contributed by atoms with Gasteiger partial charge in [0, 0.05) is 35.5 Å². The zero-order valence-corrected chi connectivity index (χ0v) is 19.8. The summed E-state index contributed by atoms with van der Waals surface area (Å²) in [6, 6.07) is 5.20. The first-order valence-electron chi connectivity index (χ1n) is 11.4. The number of fused-ring (bicyclic) bond motifs is 1. The zero-order valence-electron chi connectivity index (χ0n) is 18.9. The molecule has 6 heteroatoms. The van der Waals surface area contributed by atoms with Crippen molar-refractivity contribution in [2.24, 2.45) is 17.6 Å². The van der Waals surface area contributed by atoms with Gasteiger partial charge in [-0.1, -0.05) is 25.3 Å². The second-order valence-corrected chi connectivity index (χ2v) is 11.0. The van der Waals surface area contributed by atoms with E-state index in [2.05, 4.69) is 22.8 Å². The molecule has 0 bridgehead atoms. The van der Waals surface area contributed by atoms with Crippen LogP contribution in [0.25, 0.3) is 0 Å². The van der Waals surface area contributed by atoms with Crippen LogP contribution in [0.2, 0.25) is 0 Å². The summed E-state index contributed by atoms with van der Waals surface area (Å²) >= 11 is 4.33. The Kier molecular flexibility index (Phi) is 7.41. The van der Waals surface area contributed by atoms with E-state index in [-0.39, 0.29) is 35.2 Å². The number of benzene rings is 1. The van der Waals surface area contributed by atoms with Crippen molar-refractivity contribution in [1.82, 2.24) is 10.2 Å². The average Bonchev–Trinajstić information content (AvgIpc) is 2.64. The molecule has 5 atom stereocenters. The van der Waals surface area contributed by atoms with Crippen molar-refractivity contribution < 1.29 is 9.90 Å². The summed E-state index contributed by atoms with van der Waals surface area (Å²) in [5.41, 5.74) is 6.97. The molecular weight excluding hydrogens is 394 g/mol. The van der Waals surface area contributed by atoms with E-state index in [4.69, 9.17) is 5.73 Å². The first-order chi connectivity index (χ1) is 14.0. The number of phenolic OH excluding ortho intramolecular Hbond substituents is 1. The van der Waals surface area contributed by atoms with Crippen molar-refractivity contribution in [2.75, 3.05) is 13.1 Å². The van der Waals surface area contributed by atoms with E-state index >= 15 is 0 Å². The molecular formula is C24H39N3O2S. The Morgan fingerprint density at radius 3 is 2.57 bits per heavy atom. The number of hydrogen-bond acceptors (Lipinski definition) is 5. The maximum atomic E-state index is 13.3. The zero-order chi connectivity index (χ0) is 22.1. The number of piperidine rings is 1. The minimum Gasteiger partial charge on any atom is -0.508 e. The van der Waals surface area contributed by atoms with Gasteiger partial charge in [0.05, 0.1) is 6.04 Å². The molecule has 2 fully saturated rings. The molecule has 168 valence electrons. The molecule has 1 saturated heterocycles. The summed E-state index contributed by atoms with van der Waals surface area (Å²) < 4.78 is 0. The molecule has 0 aromatic heterocycles. The van der Waals surface area contributed by atoms with Crippen LogP contribution in [0.1, 0.15) is 71.3 Å². The summed E-state index contributed by atoms with van der Waals surface area (Å²) in [6.07, 6.45) is 5.96. The van der Waals surface area contributed by atoms with E-state index in [9.17, 15) is 9.90 Å². The van der Waals surface area contributed by atoms with Gasteiger partial charge in [-0.3, -0.25) is 9.69 Å². The van der Waals surface area contributed by atoms with Crippen LogP contribution in [0.3, 0.4) is 0 Å². The van der Waals surface area contributed by atoms with E-state index in [0.29, 0.717) is 18.4 Å².